The van der Waals surface area contributed by atoms with Crippen LogP contribution in [0.1, 0.15) is 38.3 Å². The third kappa shape index (κ3) is 3.76. The molecule has 1 unspecified atom stereocenters. The molecule has 0 radical (unpaired) electrons. The number of hydrogen-bond donors (Lipinski definition) is 0. The normalized spacial score (nSPS) is 14.3. The Morgan fingerprint density at radius 1 is 1.07 bits per heavy atom. The predicted octanol–water partition coefficient (Wildman–Crippen LogP) is 3.63. The number of imide groups is 1. The fourth-order valence-corrected chi connectivity index (χ4v) is 3.62. The van der Waals surface area contributed by atoms with Gasteiger partial charge in [-0.1, -0.05) is 29.8 Å². The van der Waals surface area contributed by atoms with Gasteiger partial charge in [-0.15, -0.1) is 0 Å². The smallest absolute Gasteiger partial charge is 0.334 e. The monoisotopic (exact) mass is 383 g/mol. The summed E-state index contributed by atoms with van der Waals surface area (Å²) in [6, 6.07) is 11.2. The van der Waals surface area contributed by atoms with E-state index in [1.165, 1.54) is 0 Å². The third-order valence-electron chi connectivity index (χ3n) is 4.55. The van der Waals surface area contributed by atoms with Gasteiger partial charge in [0, 0.05) is 0 Å². The van der Waals surface area contributed by atoms with Crippen molar-refractivity contribution in [2.45, 2.75) is 26.3 Å². The molecule has 0 saturated heterocycles. The maximum Gasteiger partial charge on any atom is 0.334 e. The van der Waals surface area contributed by atoms with Gasteiger partial charge in [0.15, 0.2) is 0 Å². The molecule has 140 valence electrons. The van der Waals surface area contributed by atoms with Gasteiger partial charge in [0.25, 0.3) is 11.8 Å². The van der Waals surface area contributed by atoms with E-state index in [4.69, 9.17) is 4.74 Å². The summed E-state index contributed by atoms with van der Waals surface area (Å²) in [4.78, 5) is 39.5. The van der Waals surface area contributed by atoms with Crippen LogP contribution in [0.5, 0.6) is 5.75 Å². The Hall–Kier alpha value is -2.60. The molecule has 1 aliphatic heterocycles. The van der Waals surface area contributed by atoms with Crippen LogP contribution in [0.25, 0.3) is 0 Å². The zero-order valence-corrected chi connectivity index (χ0v) is 16.3. The number of amides is 2. The summed E-state index contributed by atoms with van der Waals surface area (Å²) in [5.74, 6) is -0.416. The van der Waals surface area contributed by atoms with E-state index in [1.807, 2.05) is 32.2 Å². The number of esters is 1. The summed E-state index contributed by atoms with van der Waals surface area (Å²) < 4.78 is 5.57. The highest BCUT2D eigenvalue weighted by Gasteiger charge is 2.43. The van der Waals surface area contributed by atoms with Crippen LogP contribution in [0.2, 0.25) is 0 Å². The molecule has 5 nitrogen and oxygen atoms in total. The molecule has 1 aliphatic rings. The minimum Gasteiger partial charge on any atom is -0.425 e. The Morgan fingerprint density at radius 3 is 2.26 bits per heavy atom. The summed E-state index contributed by atoms with van der Waals surface area (Å²) in [5.41, 5.74) is 2.55. The second kappa shape index (κ2) is 7.96. The first-order valence-electron chi connectivity index (χ1n) is 8.69. The highest BCUT2D eigenvalue weighted by atomic mass is 32.2. The Balaban J connectivity index is 1.89. The van der Waals surface area contributed by atoms with Crippen molar-refractivity contribution in [2.24, 2.45) is 0 Å². The summed E-state index contributed by atoms with van der Waals surface area (Å²) in [6.45, 7) is 3.81. The van der Waals surface area contributed by atoms with E-state index in [9.17, 15) is 14.4 Å². The second-order valence-electron chi connectivity index (χ2n) is 6.51. The highest BCUT2D eigenvalue weighted by molar-refractivity contribution is 7.98. The Kier molecular flexibility index (Phi) is 5.65. The molecule has 6 heteroatoms. The quantitative estimate of drug-likeness (QED) is 0.433. The van der Waals surface area contributed by atoms with Gasteiger partial charge >= 0.3 is 5.97 Å². The van der Waals surface area contributed by atoms with Crippen molar-refractivity contribution in [1.82, 2.24) is 4.90 Å². The molecule has 0 spiro atoms. The van der Waals surface area contributed by atoms with Crippen LogP contribution >= 0.6 is 11.8 Å². The van der Waals surface area contributed by atoms with Crippen LogP contribution in [0.15, 0.2) is 42.5 Å². The number of benzene rings is 2. The van der Waals surface area contributed by atoms with E-state index in [0.29, 0.717) is 29.1 Å². The van der Waals surface area contributed by atoms with Gasteiger partial charge in [0.1, 0.15) is 11.8 Å². The average molecular weight is 383 g/mol. The zero-order chi connectivity index (χ0) is 19.6. The molecule has 2 aromatic carbocycles. The van der Waals surface area contributed by atoms with Gasteiger partial charge in [-0.25, -0.2) is 4.79 Å². The summed E-state index contributed by atoms with van der Waals surface area (Å²) >= 11 is 1.55. The van der Waals surface area contributed by atoms with Crippen LogP contribution in [0.3, 0.4) is 0 Å². The van der Waals surface area contributed by atoms with Crippen molar-refractivity contribution >= 4 is 29.5 Å². The average Bonchev–Trinajstić information content (AvgIpc) is 2.90. The van der Waals surface area contributed by atoms with Crippen LogP contribution in [0.4, 0.5) is 0 Å². The molecule has 2 aromatic rings. The SMILES string of the molecule is CSCCC(C(=O)Oc1ccc(C)cc1C)N1C(=O)c2ccccc2C1=O. The lowest BCUT2D eigenvalue weighted by Crippen LogP contribution is -2.47. The first-order chi connectivity index (χ1) is 12.9. The number of thioether (sulfide) groups is 1. The van der Waals surface area contributed by atoms with E-state index < -0.39 is 23.8 Å². The fraction of sp³-hybridized carbons (Fsp3) is 0.286. The standard InChI is InChI=1S/C21H21NO4S/c1-13-8-9-18(14(2)12-13)26-21(25)17(10-11-27-3)22-19(23)15-6-4-5-7-16(15)20(22)24/h4-9,12,17H,10-11H2,1-3H3. The first-order valence-corrected chi connectivity index (χ1v) is 10.1. The summed E-state index contributed by atoms with van der Waals surface area (Å²) in [7, 11) is 0. The number of carbonyl (C=O) groups excluding carboxylic acids is 3. The van der Waals surface area contributed by atoms with Crippen molar-refractivity contribution in [2.75, 3.05) is 12.0 Å². The second-order valence-corrected chi connectivity index (χ2v) is 7.50. The number of carbonyl (C=O) groups is 3. The Morgan fingerprint density at radius 2 is 1.70 bits per heavy atom. The van der Waals surface area contributed by atoms with Crippen molar-refractivity contribution in [3.63, 3.8) is 0 Å². The van der Waals surface area contributed by atoms with E-state index in [1.54, 1.807) is 42.1 Å². The number of nitrogens with zero attached hydrogens (tertiary/aromatic N) is 1. The van der Waals surface area contributed by atoms with Gasteiger partial charge < -0.3 is 4.74 Å². The molecule has 0 N–H and O–H groups in total. The zero-order valence-electron chi connectivity index (χ0n) is 15.5. The minimum atomic E-state index is -0.953. The van der Waals surface area contributed by atoms with Crippen molar-refractivity contribution in [1.29, 1.82) is 0 Å². The predicted molar refractivity (Wildman–Crippen MR) is 105 cm³/mol. The topological polar surface area (TPSA) is 63.7 Å². The molecule has 2 amide bonds. The highest BCUT2D eigenvalue weighted by Crippen LogP contribution is 2.27. The third-order valence-corrected chi connectivity index (χ3v) is 5.19. The molecular weight excluding hydrogens is 362 g/mol. The molecule has 0 fully saturated rings. The number of hydrogen-bond acceptors (Lipinski definition) is 5. The maximum atomic E-state index is 12.9. The van der Waals surface area contributed by atoms with E-state index in [0.717, 1.165) is 16.0 Å². The van der Waals surface area contributed by atoms with Gasteiger partial charge in [0.05, 0.1) is 11.1 Å². The van der Waals surface area contributed by atoms with Gasteiger partial charge in [-0.2, -0.15) is 11.8 Å². The Labute approximate surface area is 162 Å². The molecular formula is C21H21NO4S. The molecule has 0 aliphatic carbocycles. The lowest BCUT2D eigenvalue weighted by Gasteiger charge is -2.24. The van der Waals surface area contributed by atoms with Crippen LogP contribution in [-0.4, -0.2) is 40.7 Å². The van der Waals surface area contributed by atoms with Crippen molar-refractivity contribution in [3.8, 4) is 5.75 Å². The van der Waals surface area contributed by atoms with Gasteiger partial charge in [0.2, 0.25) is 0 Å². The van der Waals surface area contributed by atoms with Crippen LogP contribution in [0, 0.1) is 13.8 Å². The number of ether oxygens (including phenoxy) is 1. The van der Waals surface area contributed by atoms with Crippen molar-refractivity contribution < 1.29 is 19.1 Å². The van der Waals surface area contributed by atoms with Crippen molar-refractivity contribution in [3.05, 3.63) is 64.7 Å². The Bertz CT molecular complexity index is 874. The number of aryl methyl sites for hydroxylation is 2. The van der Waals surface area contributed by atoms with E-state index in [-0.39, 0.29) is 0 Å². The van der Waals surface area contributed by atoms with Crippen LogP contribution in [-0.2, 0) is 4.79 Å². The van der Waals surface area contributed by atoms with Gasteiger partial charge in [-0.3, -0.25) is 14.5 Å². The molecule has 0 aromatic heterocycles. The molecule has 3 rings (SSSR count). The first kappa shape index (κ1) is 19.2. The molecule has 0 bridgehead atoms. The minimum absolute atomic E-state index is 0.330. The molecule has 1 atom stereocenters. The van der Waals surface area contributed by atoms with Gasteiger partial charge in [-0.05, 0) is 56.0 Å². The molecule has 27 heavy (non-hydrogen) atoms. The van der Waals surface area contributed by atoms with Crippen LogP contribution < -0.4 is 4.74 Å². The lowest BCUT2D eigenvalue weighted by atomic mass is 10.1. The maximum absolute atomic E-state index is 12.9. The fourth-order valence-electron chi connectivity index (χ4n) is 3.16. The number of rotatable bonds is 6. The lowest BCUT2D eigenvalue weighted by molar-refractivity contribution is -0.138. The number of fused-ring (bicyclic) bond motifs is 1. The summed E-state index contributed by atoms with van der Waals surface area (Å²) in [5, 5.41) is 0. The molecule has 0 saturated carbocycles. The van der Waals surface area contributed by atoms with E-state index in [2.05, 4.69) is 0 Å². The van der Waals surface area contributed by atoms with E-state index >= 15 is 0 Å². The molecule has 1 heterocycles. The summed E-state index contributed by atoms with van der Waals surface area (Å²) in [6.07, 6.45) is 2.26. The largest absolute Gasteiger partial charge is 0.425 e.